The number of rotatable bonds is 3. The van der Waals surface area contributed by atoms with E-state index in [9.17, 15) is 14.9 Å². The molecule has 6 heteroatoms. The molecule has 0 heterocycles. The van der Waals surface area contributed by atoms with Crippen LogP contribution in [0.4, 0.5) is 4.79 Å². The van der Waals surface area contributed by atoms with Gasteiger partial charge in [0.05, 0.1) is 0 Å². The van der Waals surface area contributed by atoms with Crippen LogP contribution in [0.5, 0.6) is 0 Å². The third-order valence-electron chi connectivity index (χ3n) is 0.515. The third-order valence-corrected chi connectivity index (χ3v) is 0.515. The molecule has 0 bridgehead atoms. The summed E-state index contributed by atoms with van der Waals surface area (Å²) in [7, 11) is 0. The molecule has 0 fully saturated rings. The number of carbonyl (C=O) groups excluding carboxylic acids is 1. The van der Waals surface area contributed by atoms with Crippen LogP contribution in [0.15, 0.2) is 12.7 Å². The molecule has 0 radical (unpaired) electrons. The van der Waals surface area contributed by atoms with E-state index in [0.29, 0.717) is 0 Å². The quantitative estimate of drug-likeness (QED) is 0.347. The average Bonchev–Trinajstić information content (AvgIpc) is 1.82. The highest BCUT2D eigenvalue weighted by Gasteiger charge is 2.05. The maximum Gasteiger partial charge on any atom is 0.465 e. The Labute approximate surface area is 56.6 Å². The van der Waals surface area contributed by atoms with Gasteiger partial charge in [0.1, 0.15) is 6.61 Å². The first-order valence-electron chi connectivity index (χ1n) is 2.35. The number of carbonyl (C=O) groups is 1. The Bertz CT molecular complexity index is 155. The molecule has 0 aromatic rings. The minimum Gasteiger partial charge on any atom is -0.442 e. The molecule has 0 unspecified atom stereocenters. The fourth-order valence-electron chi connectivity index (χ4n) is 0.241. The molecule has 1 N–H and O–H groups in total. The number of ether oxygens (including phenoxy) is 1. The van der Waals surface area contributed by atoms with Crippen molar-refractivity contribution in [3.63, 3.8) is 0 Å². The summed E-state index contributed by atoms with van der Waals surface area (Å²) in [5.74, 6) is 0. The fourth-order valence-corrected chi connectivity index (χ4v) is 0.241. The van der Waals surface area contributed by atoms with E-state index in [4.69, 9.17) is 0 Å². The van der Waals surface area contributed by atoms with Crippen molar-refractivity contribution in [3.05, 3.63) is 22.8 Å². The average molecular weight is 146 g/mol. The molecule has 56 valence electrons. The second kappa shape index (κ2) is 4.30. The lowest BCUT2D eigenvalue weighted by Crippen LogP contribution is -2.29. The summed E-state index contributed by atoms with van der Waals surface area (Å²) in [6, 6.07) is 0. The van der Waals surface area contributed by atoms with Crippen molar-refractivity contribution in [1.82, 2.24) is 5.43 Å². The Balaban J connectivity index is 3.43. The monoisotopic (exact) mass is 146 g/mol. The molecule has 0 aromatic carbocycles. The minimum absolute atomic E-state index is 0.0420. The van der Waals surface area contributed by atoms with E-state index in [-0.39, 0.29) is 6.61 Å². The first-order chi connectivity index (χ1) is 4.66. The van der Waals surface area contributed by atoms with Gasteiger partial charge in [-0.15, -0.1) is 0 Å². The molecule has 0 rings (SSSR count). The minimum atomic E-state index is -1.09. The van der Waals surface area contributed by atoms with Crippen molar-refractivity contribution >= 4 is 6.09 Å². The van der Waals surface area contributed by atoms with Crippen LogP contribution >= 0.6 is 0 Å². The van der Waals surface area contributed by atoms with E-state index in [0.717, 1.165) is 0 Å². The summed E-state index contributed by atoms with van der Waals surface area (Å²) >= 11 is 0. The summed E-state index contributed by atoms with van der Waals surface area (Å²) in [6.45, 7) is 3.19. The Hall–Kier alpha value is -1.59. The van der Waals surface area contributed by atoms with Crippen LogP contribution in [-0.4, -0.2) is 17.7 Å². The Morgan fingerprint density at radius 2 is 2.50 bits per heavy atom. The van der Waals surface area contributed by atoms with Crippen molar-refractivity contribution in [2.75, 3.05) is 6.61 Å². The Kier molecular flexibility index (Phi) is 3.62. The van der Waals surface area contributed by atoms with Crippen molar-refractivity contribution in [1.29, 1.82) is 0 Å². The number of nitro groups is 1. The molecular weight excluding hydrogens is 140 g/mol. The van der Waals surface area contributed by atoms with Gasteiger partial charge in [-0.3, -0.25) is 0 Å². The number of hydrogen-bond acceptors (Lipinski definition) is 4. The van der Waals surface area contributed by atoms with Gasteiger partial charge in [0, 0.05) is 0 Å². The first kappa shape index (κ1) is 8.41. The molecule has 6 nitrogen and oxygen atoms in total. The molecule has 10 heavy (non-hydrogen) atoms. The zero-order chi connectivity index (χ0) is 7.98. The van der Waals surface area contributed by atoms with Gasteiger partial charge in [-0.25, -0.2) is 14.9 Å². The lowest BCUT2D eigenvalue weighted by atomic mass is 10.7. The number of hydrazine groups is 1. The molecule has 0 saturated carbocycles. The molecular formula is C4H6N2O4. The van der Waals surface area contributed by atoms with Gasteiger partial charge in [0.15, 0.2) is 5.03 Å². The molecule has 1 amide bonds. The summed E-state index contributed by atoms with van der Waals surface area (Å²) < 4.78 is 4.19. The lowest BCUT2D eigenvalue weighted by molar-refractivity contribution is -0.530. The number of amides is 1. The molecule has 0 aromatic heterocycles. The Morgan fingerprint density at radius 3 is 2.90 bits per heavy atom. The van der Waals surface area contributed by atoms with E-state index in [1.807, 2.05) is 0 Å². The van der Waals surface area contributed by atoms with Gasteiger partial charge in [0.25, 0.3) is 0 Å². The van der Waals surface area contributed by atoms with Crippen LogP contribution in [0, 0.1) is 10.1 Å². The van der Waals surface area contributed by atoms with E-state index >= 15 is 0 Å². The molecule has 0 aliphatic carbocycles. The van der Waals surface area contributed by atoms with Crippen molar-refractivity contribution in [2.24, 2.45) is 0 Å². The number of hydrogen-bond donors (Lipinski definition) is 1. The molecule has 0 saturated heterocycles. The highest BCUT2D eigenvalue weighted by Crippen LogP contribution is 1.76. The highest BCUT2D eigenvalue weighted by molar-refractivity contribution is 5.65. The van der Waals surface area contributed by atoms with Crippen LogP contribution in [-0.2, 0) is 4.74 Å². The van der Waals surface area contributed by atoms with Crippen molar-refractivity contribution in [3.8, 4) is 0 Å². The van der Waals surface area contributed by atoms with Gasteiger partial charge < -0.3 is 4.74 Å². The lowest BCUT2D eigenvalue weighted by Gasteiger charge is -1.95. The van der Waals surface area contributed by atoms with Crippen LogP contribution < -0.4 is 5.43 Å². The van der Waals surface area contributed by atoms with E-state index in [1.54, 1.807) is 0 Å². The first-order valence-corrected chi connectivity index (χ1v) is 2.35. The van der Waals surface area contributed by atoms with Crippen molar-refractivity contribution < 1.29 is 14.6 Å². The standard InChI is InChI=1S/C4H6N2O4/c1-2-3-10-4(7)5-6(8)9/h2H,1,3H2,(H,5,7). The maximum absolute atomic E-state index is 10.2. The number of nitrogens with one attached hydrogen (secondary N) is 1. The predicted molar refractivity (Wildman–Crippen MR) is 31.7 cm³/mol. The fraction of sp³-hybridized carbons (Fsp3) is 0.250. The van der Waals surface area contributed by atoms with Gasteiger partial charge >= 0.3 is 6.09 Å². The summed E-state index contributed by atoms with van der Waals surface area (Å²) in [5, 5.41) is 8.55. The van der Waals surface area contributed by atoms with Gasteiger partial charge in [-0.1, -0.05) is 12.7 Å². The summed E-state index contributed by atoms with van der Waals surface area (Å²) in [6.07, 6.45) is 0.212. The van der Waals surface area contributed by atoms with Gasteiger partial charge in [-0.2, -0.15) is 0 Å². The normalized spacial score (nSPS) is 8.00. The zero-order valence-electron chi connectivity index (χ0n) is 5.07. The smallest absolute Gasteiger partial charge is 0.442 e. The number of nitrogens with zero attached hydrogens (tertiary/aromatic N) is 1. The van der Waals surface area contributed by atoms with Gasteiger partial charge in [-0.05, 0) is 5.43 Å². The molecule has 0 aliphatic rings. The second-order valence-corrected chi connectivity index (χ2v) is 1.26. The third kappa shape index (κ3) is 4.57. The van der Waals surface area contributed by atoms with Crippen LogP contribution in [0.3, 0.4) is 0 Å². The van der Waals surface area contributed by atoms with E-state index in [2.05, 4.69) is 11.3 Å². The van der Waals surface area contributed by atoms with E-state index < -0.39 is 11.1 Å². The van der Waals surface area contributed by atoms with Crippen molar-refractivity contribution in [2.45, 2.75) is 0 Å². The van der Waals surface area contributed by atoms with Crippen LogP contribution in [0.2, 0.25) is 0 Å². The SMILES string of the molecule is C=CCOC(=O)N[N+](=O)[O-]. The second-order valence-electron chi connectivity index (χ2n) is 1.26. The largest absolute Gasteiger partial charge is 0.465 e. The van der Waals surface area contributed by atoms with Crippen LogP contribution in [0.25, 0.3) is 0 Å². The Morgan fingerprint density at radius 1 is 1.90 bits per heavy atom. The van der Waals surface area contributed by atoms with E-state index in [1.165, 1.54) is 11.5 Å². The topological polar surface area (TPSA) is 81.5 Å². The maximum atomic E-state index is 10.2. The predicted octanol–water partition coefficient (Wildman–Crippen LogP) is 0.0903. The highest BCUT2D eigenvalue weighted by atomic mass is 16.7. The summed E-state index contributed by atoms with van der Waals surface area (Å²) in [5.41, 5.74) is 1.29. The molecule has 0 aliphatic heterocycles. The van der Waals surface area contributed by atoms with Crippen LogP contribution in [0.1, 0.15) is 0 Å². The zero-order valence-corrected chi connectivity index (χ0v) is 5.07. The molecule has 0 spiro atoms. The molecule has 0 atom stereocenters. The summed E-state index contributed by atoms with van der Waals surface area (Å²) in [4.78, 5) is 19.7. The van der Waals surface area contributed by atoms with Gasteiger partial charge in [0.2, 0.25) is 0 Å².